The lowest BCUT2D eigenvalue weighted by molar-refractivity contribution is -0.137. The summed E-state index contributed by atoms with van der Waals surface area (Å²) in [5.41, 5.74) is -2.05. The number of carbonyl (C=O) groups excluding carboxylic acids is 1. The maximum Gasteiger partial charge on any atom is 0.419 e. The van der Waals surface area contributed by atoms with Crippen LogP contribution in [0.25, 0.3) is 11.3 Å². The fourth-order valence-corrected chi connectivity index (χ4v) is 2.97. The molecule has 30 heavy (non-hydrogen) atoms. The molecule has 1 saturated heterocycles. The van der Waals surface area contributed by atoms with Gasteiger partial charge in [-0.05, 0) is 25.5 Å². The first-order valence-corrected chi connectivity index (χ1v) is 8.98. The number of hydrogen-bond acceptors (Lipinski definition) is 5. The Morgan fingerprint density at radius 3 is 2.63 bits per heavy atom. The summed E-state index contributed by atoms with van der Waals surface area (Å²) in [6.45, 7) is -0.113. The third-order valence-electron chi connectivity index (χ3n) is 4.37. The van der Waals surface area contributed by atoms with Crippen molar-refractivity contribution in [1.29, 1.82) is 0 Å². The van der Waals surface area contributed by atoms with Gasteiger partial charge in [0.1, 0.15) is 17.8 Å². The molecule has 2 aromatic rings. The third kappa shape index (κ3) is 5.62. The second-order valence-electron chi connectivity index (χ2n) is 6.74. The highest BCUT2D eigenvalue weighted by atomic mass is 19.4. The van der Waals surface area contributed by atoms with Crippen LogP contribution in [-0.4, -0.2) is 52.7 Å². The molecule has 1 fully saturated rings. The second-order valence-corrected chi connectivity index (χ2v) is 6.74. The Labute approximate surface area is 166 Å². The van der Waals surface area contributed by atoms with Gasteiger partial charge in [0.05, 0.1) is 5.69 Å². The van der Waals surface area contributed by atoms with Crippen LogP contribution in [0.15, 0.2) is 18.5 Å². The number of aromatic nitrogens is 3. The summed E-state index contributed by atoms with van der Waals surface area (Å²) in [4.78, 5) is 21.9. The van der Waals surface area contributed by atoms with Crippen molar-refractivity contribution in [2.45, 2.75) is 31.2 Å². The van der Waals surface area contributed by atoms with Crippen LogP contribution in [0.2, 0.25) is 0 Å². The van der Waals surface area contributed by atoms with E-state index >= 15 is 0 Å². The summed E-state index contributed by atoms with van der Waals surface area (Å²) < 4.78 is 77.0. The number of nitrogens with one attached hydrogen (secondary N) is 4. The number of nitrogens with zero attached hydrogens (tertiary/aromatic N) is 2. The zero-order valence-corrected chi connectivity index (χ0v) is 15.4. The van der Waals surface area contributed by atoms with Crippen molar-refractivity contribution in [3.8, 4) is 11.3 Å². The van der Waals surface area contributed by atoms with Crippen LogP contribution in [0.1, 0.15) is 28.9 Å². The van der Waals surface area contributed by atoms with Gasteiger partial charge in [-0.15, -0.1) is 0 Å². The number of rotatable bonds is 5. The van der Waals surface area contributed by atoms with Gasteiger partial charge in [0.15, 0.2) is 0 Å². The molecule has 0 aromatic carbocycles. The highest BCUT2D eigenvalue weighted by Crippen LogP contribution is 2.36. The van der Waals surface area contributed by atoms with Gasteiger partial charge in [-0.2, -0.15) is 26.3 Å². The van der Waals surface area contributed by atoms with Gasteiger partial charge in [0.2, 0.25) is 5.95 Å². The number of aromatic amines is 1. The zero-order valence-electron chi connectivity index (χ0n) is 15.4. The van der Waals surface area contributed by atoms with Gasteiger partial charge in [-0.25, -0.2) is 9.97 Å². The molecule has 1 amide bonds. The second kappa shape index (κ2) is 8.50. The Bertz CT molecular complexity index is 888. The van der Waals surface area contributed by atoms with Crippen molar-refractivity contribution in [1.82, 2.24) is 25.6 Å². The molecule has 1 aliphatic rings. The summed E-state index contributed by atoms with van der Waals surface area (Å²) in [6.07, 6.45) is -5.99. The fraction of sp³-hybridized carbons (Fsp3) is 0.471. The van der Waals surface area contributed by atoms with Gasteiger partial charge in [0, 0.05) is 30.5 Å². The molecule has 0 aliphatic carbocycles. The number of carbonyl (C=O) groups is 1. The number of anilines is 1. The normalized spacial score (nSPS) is 17.6. The Balaban J connectivity index is 1.86. The number of hydrogen-bond donors (Lipinski definition) is 4. The van der Waals surface area contributed by atoms with E-state index in [-0.39, 0.29) is 23.2 Å². The van der Waals surface area contributed by atoms with Gasteiger partial charge in [0.25, 0.3) is 5.91 Å². The quantitative estimate of drug-likeness (QED) is 0.541. The average Bonchev–Trinajstić information content (AvgIpc) is 3.15. The molecule has 13 heteroatoms. The Morgan fingerprint density at radius 2 is 2.00 bits per heavy atom. The summed E-state index contributed by atoms with van der Waals surface area (Å²) in [5, 5.41) is 7.76. The first kappa shape index (κ1) is 21.9. The van der Waals surface area contributed by atoms with Gasteiger partial charge in [-0.3, -0.25) is 4.79 Å². The van der Waals surface area contributed by atoms with Crippen LogP contribution in [0.4, 0.5) is 32.3 Å². The maximum atomic E-state index is 13.4. The molecule has 3 heterocycles. The van der Waals surface area contributed by atoms with Gasteiger partial charge < -0.3 is 20.9 Å². The van der Waals surface area contributed by atoms with Crippen molar-refractivity contribution >= 4 is 11.9 Å². The molecule has 1 atom stereocenters. The molecule has 2 aromatic heterocycles. The molecule has 0 spiro atoms. The molecule has 0 saturated carbocycles. The van der Waals surface area contributed by atoms with Gasteiger partial charge >= 0.3 is 12.4 Å². The van der Waals surface area contributed by atoms with E-state index in [0.29, 0.717) is 12.7 Å². The lowest BCUT2D eigenvalue weighted by Gasteiger charge is -2.24. The van der Waals surface area contributed by atoms with Crippen LogP contribution in [0.3, 0.4) is 0 Å². The van der Waals surface area contributed by atoms with E-state index in [1.807, 2.05) is 0 Å². The minimum Gasteiger partial charge on any atom is -0.357 e. The monoisotopic (exact) mass is 436 g/mol. The average molecular weight is 436 g/mol. The first-order chi connectivity index (χ1) is 14.0. The number of alkyl halides is 6. The highest BCUT2D eigenvalue weighted by molar-refractivity contribution is 5.94. The van der Waals surface area contributed by atoms with Crippen molar-refractivity contribution in [3.63, 3.8) is 0 Å². The summed E-state index contributed by atoms with van der Waals surface area (Å²) >= 11 is 0. The predicted molar refractivity (Wildman–Crippen MR) is 94.7 cm³/mol. The van der Waals surface area contributed by atoms with E-state index in [2.05, 4.69) is 25.6 Å². The fourth-order valence-electron chi connectivity index (χ4n) is 2.97. The minimum absolute atomic E-state index is 0.0176. The largest absolute Gasteiger partial charge is 0.419 e. The standard InChI is InChI=1S/C17H18F6N6O/c18-16(19,20)8-27-14(30)12-4-9(5-25-12)13-11(17(21,22)23)7-26-15(29-13)28-10-2-1-3-24-6-10/h4-5,7,10,24-25H,1-3,6,8H2,(H,27,30)(H,26,28,29). The Hall–Kier alpha value is -2.83. The van der Waals surface area contributed by atoms with Crippen LogP contribution in [-0.2, 0) is 6.18 Å². The maximum absolute atomic E-state index is 13.4. The lowest BCUT2D eigenvalue weighted by atomic mass is 10.1. The molecule has 4 N–H and O–H groups in total. The highest BCUT2D eigenvalue weighted by Gasteiger charge is 2.36. The molecule has 164 valence electrons. The molecule has 1 aliphatic heterocycles. The van der Waals surface area contributed by atoms with E-state index in [9.17, 15) is 31.1 Å². The van der Waals surface area contributed by atoms with Crippen molar-refractivity contribution in [3.05, 3.63) is 29.7 Å². The third-order valence-corrected chi connectivity index (χ3v) is 4.37. The van der Waals surface area contributed by atoms with Crippen molar-refractivity contribution in [2.75, 3.05) is 25.0 Å². The van der Waals surface area contributed by atoms with E-state index in [0.717, 1.165) is 31.6 Å². The molecular weight excluding hydrogens is 418 g/mol. The van der Waals surface area contributed by atoms with E-state index < -0.39 is 36.1 Å². The molecule has 0 radical (unpaired) electrons. The Kier molecular flexibility index (Phi) is 6.19. The smallest absolute Gasteiger partial charge is 0.357 e. The van der Waals surface area contributed by atoms with Crippen LogP contribution in [0, 0.1) is 0 Å². The van der Waals surface area contributed by atoms with Gasteiger partial charge in [-0.1, -0.05) is 0 Å². The molecule has 3 rings (SSSR count). The summed E-state index contributed by atoms with van der Waals surface area (Å²) in [6, 6.07) is 0.952. The molecule has 0 bridgehead atoms. The number of halogens is 6. The molecular formula is C17H18F6N6O. The summed E-state index contributed by atoms with van der Waals surface area (Å²) in [7, 11) is 0. The van der Waals surface area contributed by atoms with Crippen molar-refractivity contribution in [2.24, 2.45) is 0 Å². The number of H-pyrrole nitrogens is 1. The summed E-state index contributed by atoms with van der Waals surface area (Å²) in [5.74, 6) is -1.12. The number of piperidine rings is 1. The lowest BCUT2D eigenvalue weighted by Crippen LogP contribution is -2.38. The molecule has 7 nitrogen and oxygen atoms in total. The zero-order chi connectivity index (χ0) is 21.9. The van der Waals surface area contributed by atoms with E-state index in [4.69, 9.17) is 0 Å². The van der Waals surface area contributed by atoms with Crippen LogP contribution < -0.4 is 16.0 Å². The number of amides is 1. The SMILES string of the molecule is O=C(NCC(F)(F)F)c1cc(-c2nc(NC3CCCNC3)ncc2C(F)(F)F)c[nH]1. The predicted octanol–water partition coefficient (Wildman–Crippen LogP) is 2.95. The topological polar surface area (TPSA) is 94.7 Å². The molecule has 1 unspecified atom stereocenters. The van der Waals surface area contributed by atoms with E-state index in [1.165, 1.54) is 0 Å². The van der Waals surface area contributed by atoms with Crippen LogP contribution >= 0.6 is 0 Å². The van der Waals surface area contributed by atoms with E-state index in [1.54, 1.807) is 5.32 Å². The van der Waals surface area contributed by atoms with Crippen LogP contribution in [0.5, 0.6) is 0 Å². The minimum atomic E-state index is -4.77. The van der Waals surface area contributed by atoms with Crippen molar-refractivity contribution < 1.29 is 31.1 Å². The Morgan fingerprint density at radius 1 is 1.23 bits per heavy atom. The first-order valence-electron chi connectivity index (χ1n) is 8.98.